The molecule has 3 nitrogen and oxygen atoms in total. The van der Waals surface area contributed by atoms with Gasteiger partial charge in [-0.05, 0) is 24.3 Å². The number of amides is 1. The van der Waals surface area contributed by atoms with Gasteiger partial charge in [0.1, 0.15) is 17.5 Å². The summed E-state index contributed by atoms with van der Waals surface area (Å²) in [5.41, 5.74) is 0.229. The van der Waals surface area contributed by atoms with Crippen molar-refractivity contribution < 1.29 is 22.8 Å². The number of nitrogens with zero attached hydrogens (tertiary/aromatic N) is 1. The molecule has 0 bridgehead atoms. The number of halogens is 3. The van der Waals surface area contributed by atoms with E-state index in [0.717, 1.165) is 23.1 Å². The van der Waals surface area contributed by atoms with Gasteiger partial charge in [-0.3, -0.25) is 9.59 Å². The molecular formula is C15H8F3NO2. The Kier molecular flexibility index (Phi) is 3.01. The zero-order chi connectivity index (χ0) is 15.1. The predicted octanol–water partition coefficient (Wildman–Crippen LogP) is 2.83. The van der Waals surface area contributed by atoms with Crippen LogP contribution in [0.25, 0.3) is 0 Å². The molecule has 0 spiro atoms. The molecule has 0 N–H and O–H groups in total. The molecular weight excluding hydrogens is 283 g/mol. The molecule has 106 valence electrons. The number of ketones is 1. The van der Waals surface area contributed by atoms with Crippen LogP contribution >= 0.6 is 0 Å². The first-order chi connectivity index (χ1) is 9.97. The van der Waals surface area contributed by atoms with E-state index < -0.39 is 29.1 Å². The lowest BCUT2D eigenvalue weighted by molar-refractivity contribution is -0.114. The Labute approximate surface area is 117 Å². The zero-order valence-corrected chi connectivity index (χ0v) is 10.6. The highest BCUT2D eigenvalue weighted by Crippen LogP contribution is 2.31. The van der Waals surface area contributed by atoms with Gasteiger partial charge in [0, 0.05) is 11.6 Å². The Morgan fingerprint density at radius 1 is 0.905 bits per heavy atom. The first kappa shape index (κ1) is 13.4. The van der Waals surface area contributed by atoms with E-state index in [1.54, 1.807) is 0 Å². The zero-order valence-electron chi connectivity index (χ0n) is 10.6. The SMILES string of the molecule is O=C1C(=O)N(Cc2ccc(F)cc2F)c2ccc(F)cc21. The van der Waals surface area contributed by atoms with Crippen LogP contribution < -0.4 is 4.90 Å². The van der Waals surface area contributed by atoms with Crippen molar-refractivity contribution in [2.45, 2.75) is 6.54 Å². The van der Waals surface area contributed by atoms with Crippen molar-refractivity contribution in [1.82, 2.24) is 0 Å². The highest BCUT2D eigenvalue weighted by molar-refractivity contribution is 6.52. The fourth-order valence-electron chi connectivity index (χ4n) is 2.25. The summed E-state index contributed by atoms with van der Waals surface area (Å²) in [5.74, 6) is -3.88. The number of hydrogen-bond donors (Lipinski definition) is 0. The molecule has 6 heteroatoms. The van der Waals surface area contributed by atoms with Gasteiger partial charge in [0.05, 0.1) is 17.8 Å². The lowest BCUT2D eigenvalue weighted by atomic mass is 10.1. The van der Waals surface area contributed by atoms with E-state index in [9.17, 15) is 22.8 Å². The molecule has 3 rings (SSSR count). The number of benzene rings is 2. The standard InChI is InChI=1S/C15H8F3NO2/c16-9-3-4-13-11(5-9)14(20)15(21)19(13)7-8-1-2-10(17)6-12(8)18/h1-6H,7H2. The van der Waals surface area contributed by atoms with Crippen LogP contribution in [0.15, 0.2) is 36.4 Å². The summed E-state index contributed by atoms with van der Waals surface area (Å²) < 4.78 is 39.7. The smallest absolute Gasteiger partial charge is 0.299 e. The highest BCUT2D eigenvalue weighted by atomic mass is 19.1. The fourth-order valence-corrected chi connectivity index (χ4v) is 2.25. The Morgan fingerprint density at radius 2 is 1.57 bits per heavy atom. The van der Waals surface area contributed by atoms with Crippen LogP contribution in [0, 0.1) is 17.5 Å². The molecule has 1 heterocycles. The van der Waals surface area contributed by atoms with Crippen LogP contribution in [0.1, 0.15) is 15.9 Å². The van der Waals surface area contributed by atoms with Crippen molar-refractivity contribution in [3.63, 3.8) is 0 Å². The monoisotopic (exact) mass is 291 g/mol. The molecule has 0 aliphatic carbocycles. The molecule has 2 aromatic rings. The molecule has 0 fully saturated rings. The number of rotatable bonds is 2. The Balaban J connectivity index is 2.00. The Morgan fingerprint density at radius 3 is 2.29 bits per heavy atom. The van der Waals surface area contributed by atoms with E-state index in [1.165, 1.54) is 12.1 Å². The number of anilines is 1. The topological polar surface area (TPSA) is 37.4 Å². The largest absolute Gasteiger partial charge is 0.300 e. The Hall–Kier alpha value is -2.63. The van der Waals surface area contributed by atoms with Crippen LogP contribution in [0.2, 0.25) is 0 Å². The summed E-state index contributed by atoms with van der Waals surface area (Å²) in [4.78, 5) is 24.7. The lowest BCUT2D eigenvalue weighted by Crippen LogP contribution is -2.29. The summed E-state index contributed by atoms with van der Waals surface area (Å²) in [5, 5.41) is 0. The predicted molar refractivity (Wildman–Crippen MR) is 68.3 cm³/mol. The molecule has 0 radical (unpaired) electrons. The lowest BCUT2D eigenvalue weighted by Gasteiger charge is -2.17. The van der Waals surface area contributed by atoms with Gasteiger partial charge in [0.15, 0.2) is 0 Å². The number of carbonyl (C=O) groups excluding carboxylic acids is 2. The third kappa shape index (κ3) is 2.18. The van der Waals surface area contributed by atoms with Gasteiger partial charge >= 0.3 is 0 Å². The molecule has 1 aliphatic rings. The molecule has 1 amide bonds. The van der Waals surface area contributed by atoms with E-state index in [1.807, 2.05) is 0 Å². The van der Waals surface area contributed by atoms with E-state index in [-0.39, 0.29) is 23.4 Å². The van der Waals surface area contributed by atoms with Gasteiger partial charge in [-0.1, -0.05) is 6.07 Å². The maximum absolute atomic E-state index is 13.6. The average Bonchev–Trinajstić information content (AvgIpc) is 2.66. The molecule has 0 aromatic heterocycles. The van der Waals surface area contributed by atoms with Crippen molar-refractivity contribution in [3.8, 4) is 0 Å². The second kappa shape index (κ2) is 4.73. The van der Waals surface area contributed by atoms with Crippen molar-refractivity contribution in [2.24, 2.45) is 0 Å². The minimum absolute atomic E-state index is 0.0532. The third-order valence-corrected chi connectivity index (χ3v) is 3.28. The van der Waals surface area contributed by atoms with E-state index in [0.29, 0.717) is 6.07 Å². The van der Waals surface area contributed by atoms with Crippen molar-refractivity contribution in [2.75, 3.05) is 4.90 Å². The summed E-state index contributed by atoms with van der Waals surface area (Å²) in [6.45, 7) is -0.227. The summed E-state index contributed by atoms with van der Waals surface area (Å²) >= 11 is 0. The third-order valence-electron chi connectivity index (χ3n) is 3.28. The Bertz CT molecular complexity index is 774. The summed E-state index contributed by atoms with van der Waals surface area (Å²) in [7, 11) is 0. The number of carbonyl (C=O) groups is 2. The van der Waals surface area contributed by atoms with E-state index >= 15 is 0 Å². The second-order valence-corrected chi connectivity index (χ2v) is 4.62. The van der Waals surface area contributed by atoms with Gasteiger partial charge in [-0.25, -0.2) is 13.2 Å². The number of hydrogen-bond acceptors (Lipinski definition) is 2. The minimum atomic E-state index is -0.862. The quantitative estimate of drug-likeness (QED) is 0.798. The number of Topliss-reactive ketones (excluding diaryl/α,β-unsaturated/α-hetero) is 1. The fraction of sp³-hybridized carbons (Fsp3) is 0.0667. The summed E-state index contributed by atoms with van der Waals surface area (Å²) in [6, 6.07) is 6.32. The molecule has 2 aromatic carbocycles. The minimum Gasteiger partial charge on any atom is -0.300 e. The van der Waals surface area contributed by atoms with Crippen LogP contribution in [0.5, 0.6) is 0 Å². The van der Waals surface area contributed by atoms with E-state index in [4.69, 9.17) is 0 Å². The van der Waals surface area contributed by atoms with Gasteiger partial charge < -0.3 is 4.90 Å². The molecule has 0 saturated heterocycles. The first-order valence-electron chi connectivity index (χ1n) is 6.07. The maximum Gasteiger partial charge on any atom is 0.299 e. The van der Waals surface area contributed by atoms with Gasteiger partial charge in [-0.2, -0.15) is 0 Å². The normalized spacial score (nSPS) is 13.8. The van der Waals surface area contributed by atoms with Gasteiger partial charge in [-0.15, -0.1) is 0 Å². The average molecular weight is 291 g/mol. The molecule has 21 heavy (non-hydrogen) atoms. The molecule has 1 aliphatic heterocycles. The van der Waals surface area contributed by atoms with Gasteiger partial charge in [0.2, 0.25) is 0 Å². The second-order valence-electron chi connectivity index (χ2n) is 4.62. The van der Waals surface area contributed by atoms with Gasteiger partial charge in [0.25, 0.3) is 11.7 Å². The molecule has 0 atom stereocenters. The van der Waals surface area contributed by atoms with Crippen LogP contribution in [0.3, 0.4) is 0 Å². The van der Waals surface area contributed by atoms with Crippen LogP contribution in [-0.2, 0) is 11.3 Å². The first-order valence-corrected chi connectivity index (χ1v) is 6.07. The summed E-state index contributed by atoms with van der Waals surface area (Å²) in [6.07, 6.45) is 0. The highest BCUT2D eigenvalue weighted by Gasteiger charge is 2.36. The number of fused-ring (bicyclic) bond motifs is 1. The van der Waals surface area contributed by atoms with Crippen molar-refractivity contribution in [3.05, 3.63) is 65.0 Å². The van der Waals surface area contributed by atoms with Crippen molar-refractivity contribution >= 4 is 17.4 Å². The van der Waals surface area contributed by atoms with Crippen molar-refractivity contribution in [1.29, 1.82) is 0 Å². The molecule has 0 saturated carbocycles. The molecule has 0 unspecified atom stereocenters. The van der Waals surface area contributed by atoms with Crippen LogP contribution in [-0.4, -0.2) is 11.7 Å². The van der Waals surface area contributed by atoms with Crippen LogP contribution in [0.4, 0.5) is 18.9 Å². The maximum atomic E-state index is 13.6. The van der Waals surface area contributed by atoms with E-state index in [2.05, 4.69) is 0 Å².